The molecule has 0 heterocycles. The Hall–Kier alpha value is -1.38. The van der Waals surface area contributed by atoms with E-state index < -0.39 is 0 Å². The van der Waals surface area contributed by atoms with Gasteiger partial charge in [-0.1, -0.05) is 47.5 Å². The molecule has 2 aromatic carbocycles. The highest BCUT2D eigenvalue weighted by atomic mass is 35.5. The molecule has 0 spiro atoms. The summed E-state index contributed by atoms with van der Waals surface area (Å²) in [5, 5.41) is 9.97. The summed E-state index contributed by atoms with van der Waals surface area (Å²) < 4.78 is 13.0. The van der Waals surface area contributed by atoms with Gasteiger partial charge in [0.15, 0.2) is 0 Å². The van der Waals surface area contributed by atoms with Gasteiger partial charge in [-0.05, 0) is 36.6 Å². The van der Waals surface area contributed by atoms with Gasteiger partial charge in [0.25, 0.3) is 0 Å². The molecule has 0 fully saturated rings. The summed E-state index contributed by atoms with van der Waals surface area (Å²) in [6, 6.07) is 12.4. The van der Waals surface area contributed by atoms with E-state index in [0.29, 0.717) is 11.4 Å². The van der Waals surface area contributed by atoms with Gasteiger partial charge in [-0.25, -0.2) is 4.39 Å². The van der Waals surface area contributed by atoms with Crippen LogP contribution in [-0.4, -0.2) is 11.7 Å². The minimum atomic E-state index is -0.343. The second-order valence-corrected chi connectivity index (χ2v) is 5.14. The van der Waals surface area contributed by atoms with Crippen molar-refractivity contribution in [2.75, 3.05) is 6.61 Å². The molecule has 3 heteroatoms. The van der Waals surface area contributed by atoms with E-state index in [1.54, 1.807) is 6.07 Å². The number of hydrogen-bond acceptors (Lipinski definition) is 1. The Morgan fingerprint density at radius 2 is 2.00 bits per heavy atom. The van der Waals surface area contributed by atoms with E-state index in [2.05, 4.69) is 6.07 Å². The van der Waals surface area contributed by atoms with Crippen LogP contribution in [0.15, 0.2) is 42.5 Å². The van der Waals surface area contributed by atoms with Crippen LogP contribution >= 0.6 is 11.6 Å². The van der Waals surface area contributed by atoms with Crippen molar-refractivity contribution in [3.8, 4) is 0 Å². The molecule has 1 atom stereocenters. The lowest BCUT2D eigenvalue weighted by Gasteiger charge is -2.16. The average Bonchev–Trinajstić information content (AvgIpc) is 2.38. The van der Waals surface area contributed by atoms with Gasteiger partial charge in [-0.2, -0.15) is 0 Å². The van der Waals surface area contributed by atoms with Crippen LogP contribution in [0.4, 0.5) is 4.39 Å². The van der Waals surface area contributed by atoms with Crippen LogP contribution in [0.3, 0.4) is 0 Å². The van der Waals surface area contributed by atoms with Crippen LogP contribution in [-0.2, 0) is 6.42 Å². The lowest BCUT2D eigenvalue weighted by Crippen LogP contribution is -2.08. The van der Waals surface area contributed by atoms with Gasteiger partial charge in [-0.15, -0.1) is 0 Å². The first-order valence-corrected chi connectivity index (χ1v) is 6.59. The maximum Gasteiger partial charge on any atom is 0.124 e. The predicted molar refractivity (Wildman–Crippen MR) is 76.1 cm³/mol. The molecule has 0 bridgehead atoms. The van der Waals surface area contributed by atoms with Crippen LogP contribution in [0, 0.1) is 12.7 Å². The number of aliphatic hydroxyl groups excluding tert-OH is 1. The second-order valence-electron chi connectivity index (χ2n) is 4.73. The van der Waals surface area contributed by atoms with E-state index >= 15 is 0 Å². The fraction of sp³-hybridized carbons (Fsp3) is 0.250. The highest BCUT2D eigenvalue weighted by Gasteiger charge is 2.13. The summed E-state index contributed by atoms with van der Waals surface area (Å²) in [6.07, 6.45) is 0.596. The van der Waals surface area contributed by atoms with Crippen molar-refractivity contribution in [1.82, 2.24) is 0 Å². The highest BCUT2D eigenvalue weighted by Crippen LogP contribution is 2.26. The van der Waals surface area contributed by atoms with Crippen LogP contribution in [0.2, 0.25) is 5.02 Å². The first-order chi connectivity index (χ1) is 9.10. The van der Waals surface area contributed by atoms with Crippen LogP contribution in [0.25, 0.3) is 0 Å². The molecule has 2 aromatic rings. The Bertz CT molecular complexity index is 568. The lowest BCUT2D eigenvalue weighted by molar-refractivity contribution is 0.264. The van der Waals surface area contributed by atoms with Gasteiger partial charge in [0.05, 0.1) is 6.61 Å². The van der Waals surface area contributed by atoms with Gasteiger partial charge in [0, 0.05) is 10.9 Å². The predicted octanol–water partition coefficient (Wildman–Crippen LogP) is 4.11. The molecule has 0 saturated carbocycles. The molecule has 0 aromatic heterocycles. The normalized spacial score (nSPS) is 12.4. The molecule has 0 saturated heterocycles. The molecule has 100 valence electrons. The summed E-state index contributed by atoms with van der Waals surface area (Å²) in [6.45, 7) is 2.06. The lowest BCUT2D eigenvalue weighted by atomic mass is 9.92. The molecular formula is C16H16ClFO. The van der Waals surface area contributed by atoms with Gasteiger partial charge < -0.3 is 5.11 Å². The van der Waals surface area contributed by atoms with Crippen LogP contribution in [0.5, 0.6) is 0 Å². The second kappa shape index (κ2) is 6.18. The van der Waals surface area contributed by atoms with E-state index in [4.69, 9.17) is 11.6 Å². The van der Waals surface area contributed by atoms with Crippen molar-refractivity contribution in [3.63, 3.8) is 0 Å². The number of rotatable bonds is 4. The van der Waals surface area contributed by atoms with Crippen molar-refractivity contribution < 1.29 is 9.50 Å². The van der Waals surface area contributed by atoms with Crippen molar-refractivity contribution in [2.45, 2.75) is 19.3 Å². The third kappa shape index (κ3) is 3.55. The highest BCUT2D eigenvalue weighted by molar-refractivity contribution is 6.31. The monoisotopic (exact) mass is 278 g/mol. The summed E-state index contributed by atoms with van der Waals surface area (Å²) in [4.78, 5) is 0. The Kier molecular flexibility index (Phi) is 4.56. The maximum atomic E-state index is 13.0. The summed E-state index contributed by atoms with van der Waals surface area (Å²) in [5.74, 6) is -0.368. The van der Waals surface area contributed by atoms with Gasteiger partial charge >= 0.3 is 0 Å². The molecule has 0 amide bonds. The fourth-order valence-corrected chi connectivity index (χ4v) is 2.41. The Morgan fingerprint density at radius 1 is 1.21 bits per heavy atom. The van der Waals surface area contributed by atoms with Crippen molar-refractivity contribution in [2.24, 2.45) is 0 Å². The molecule has 19 heavy (non-hydrogen) atoms. The number of benzene rings is 2. The van der Waals surface area contributed by atoms with E-state index in [9.17, 15) is 9.50 Å². The zero-order valence-electron chi connectivity index (χ0n) is 10.7. The summed E-state index contributed by atoms with van der Waals surface area (Å²) in [5.41, 5.74) is 3.08. The molecule has 1 N–H and O–H groups in total. The SMILES string of the molecule is Cc1cccc(C(CO)Cc2ccc(F)cc2Cl)c1. The zero-order valence-corrected chi connectivity index (χ0v) is 11.5. The fourth-order valence-electron chi connectivity index (χ4n) is 2.16. The maximum absolute atomic E-state index is 13.0. The van der Waals surface area contributed by atoms with E-state index in [-0.39, 0.29) is 18.3 Å². The number of hydrogen-bond donors (Lipinski definition) is 1. The van der Waals surface area contributed by atoms with Crippen molar-refractivity contribution in [1.29, 1.82) is 0 Å². The van der Waals surface area contributed by atoms with Gasteiger partial charge in [0.1, 0.15) is 5.82 Å². The zero-order chi connectivity index (χ0) is 13.8. The van der Waals surface area contributed by atoms with Crippen LogP contribution < -0.4 is 0 Å². The summed E-state index contributed by atoms with van der Waals surface area (Å²) in [7, 11) is 0. The van der Waals surface area contributed by atoms with Gasteiger partial charge in [-0.3, -0.25) is 0 Å². The minimum Gasteiger partial charge on any atom is -0.396 e. The first kappa shape index (κ1) is 14.0. The molecule has 0 aliphatic carbocycles. The number of aliphatic hydroxyl groups is 1. The minimum absolute atomic E-state index is 0.0251. The van der Waals surface area contributed by atoms with E-state index in [1.807, 2.05) is 25.1 Å². The average molecular weight is 279 g/mol. The molecule has 0 aliphatic rings. The molecule has 1 unspecified atom stereocenters. The Balaban J connectivity index is 2.24. The van der Waals surface area contributed by atoms with Gasteiger partial charge in [0.2, 0.25) is 0 Å². The molecule has 1 nitrogen and oxygen atoms in total. The Labute approximate surface area is 117 Å². The largest absolute Gasteiger partial charge is 0.396 e. The smallest absolute Gasteiger partial charge is 0.124 e. The van der Waals surface area contributed by atoms with Crippen molar-refractivity contribution >= 4 is 11.6 Å². The third-order valence-electron chi connectivity index (χ3n) is 3.22. The molecular weight excluding hydrogens is 263 g/mol. The third-order valence-corrected chi connectivity index (χ3v) is 3.57. The van der Waals surface area contributed by atoms with Crippen molar-refractivity contribution in [3.05, 3.63) is 70.0 Å². The molecule has 0 radical (unpaired) electrons. The standard InChI is InChI=1S/C16H16ClFO/c1-11-3-2-4-12(7-11)14(10-19)8-13-5-6-15(18)9-16(13)17/h2-7,9,14,19H,8,10H2,1H3. The molecule has 2 rings (SSSR count). The van der Waals surface area contributed by atoms with Crippen LogP contribution in [0.1, 0.15) is 22.6 Å². The first-order valence-electron chi connectivity index (χ1n) is 6.21. The van der Waals surface area contributed by atoms with E-state index in [1.165, 1.54) is 12.1 Å². The Morgan fingerprint density at radius 3 is 2.63 bits per heavy atom. The summed E-state index contributed by atoms with van der Waals surface area (Å²) >= 11 is 6.03. The van der Waals surface area contributed by atoms with E-state index in [0.717, 1.165) is 16.7 Å². The topological polar surface area (TPSA) is 20.2 Å². The number of halogens is 2. The quantitative estimate of drug-likeness (QED) is 0.892. The molecule has 0 aliphatic heterocycles. The number of aryl methyl sites for hydroxylation is 1.